The maximum Gasteiger partial charge on any atom is 0.418 e. The number of nitro groups is 1. The van der Waals surface area contributed by atoms with Gasteiger partial charge in [-0.1, -0.05) is 0 Å². The van der Waals surface area contributed by atoms with Gasteiger partial charge in [0.05, 0.1) is 19.9 Å². The first-order valence-electron chi connectivity index (χ1n) is 5.93. The first-order valence-corrected chi connectivity index (χ1v) is 8.31. The molecule has 0 saturated carbocycles. The molecule has 1 aromatic carbocycles. The number of benzene rings is 1. The molecule has 0 radical (unpaired) electrons. The Morgan fingerprint density at radius 1 is 1.32 bits per heavy atom. The molecule has 0 aliphatic carbocycles. The maximum atomic E-state index is 13.1. The summed E-state index contributed by atoms with van der Waals surface area (Å²) in [6.45, 7) is 0.262. The minimum atomic E-state index is -4.72. The largest absolute Gasteiger partial charge is 0.418 e. The molecule has 2 rings (SSSR count). The number of nitrogens with zero attached hydrogens (tertiary/aromatic N) is 1. The summed E-state index contributed by atoms with van der Waals surface area (Å²) in [6.07, 6.45) is -4.13. The van der Waals surface area contributed by atoms with Crippen molar-refractivity contribution in [2.24, 2.45) is 5.73 Å². The Kier molecular flexibility index (Phi) is 5.00. The van der Waals surface area contributed by atoms with Crippen molar-refractivity contribution >= 4 is 49.0 Å². The fourth-order valence-corrected chi connectivity index (χ4v) is 5.04. The van der Waals surface area contributed by atoms with Crippen LogP contribution in [0.5, 0.6) is 0 Å². The van der Waals surface area contributed by atoms with E-state index in [1.54, 1.807) is 0 Å². The van der Waals surface area contributed by atoms with Crippen molar-refractivity contribution in [3.63, 3.8) is 0 Å². The first kappa shape index (κ1) is 17.1. The number of hydrogen-bond acceptors (Lipinski definition) is 6. The molecular formula is C11H9F3N2O3S3. The Balaban J connectivity index is 2.91. The van der Waals surface area contributed by atoms with Crippen LogP contribution < -0.4 is 5.73 Å². The van der Waals surface area contributed by atoms with Crippen molar-refractivity contribution in [1.82, 2.24) is 0 Å². The van der Waals surface area contributed by atoms with Crippen LogP contribution in [0.2, 0.25) is 0 Å². The van der Waals surface area contributed by atoms with E-state index in [0.29, 0.717) is 23.8 Å². The lowest BCUT2D eigenvalue weighted by Crippen LogP contribution is -2.08. The van der Waals surface area contributed by atoms with Crippen LogP contribution in [0.3, 0.4) is 0 Å². The highest BCUT2D eigenvalue weighted by Gasteiger charge is 2.37. The number of halogens is 3. The van der Waals surface area contributed by atoms with Gasteiger partial charge in [-0.05, 0) is 19.4 Å². The van der Waals surface area contributed by atoms with Crippen LogP contribution in [0.15, 0.2) is 6.07 Å². The fraction of sp³-hybridized carbons (Fsp3) is 0.364. The van der Waals surface area contributed by atoms with Crippen molar-refractivity contribution < 1.29 is 22.3 Å². The number of nitrogens with two attached hydrogens (primary N) is 1. The van der Waals surface area contributed by atoms with E-state index in [0.717, 1.165) is 11.3 Å². The minimum absolute atomic E-state index is 0.0858. The lowest BCUT2D eigenvalue weighted by atomic mass is 10.0. The van der Waals surface area contributed by atoms with Crippen molar-refractivity contribution in [3.8, 4) is 0 Å². The van der Waals surface area contributed by atoms with Crippen LogP contribution >= 0.6 is 22.7 Å². The third-order valence-electron chi connectivity index (χ3n) is 2.89. The van der Waals surface area contributed by atoms with Crippen molar-refractivity contribution in [2.45, 2.75) is 19.0 Å². The van der Waals surface area contributed by atoms with E-state index >= 15 is 0 Å². The molecule has 11 heteroatoms. The SMILES string of the molecule is NCCCc1c([N+](=O)[O-])cc(C(F)(F)F)c2sc(=S=O)sc12. The number of hydrogen-bond donors (Lipinski definition) is 1. The number of fused-ring (bicyclic) bond motifs is 1. The molecule has 0 saturated heterocycles. The number of alkyl halides is 3. The Labute approximate surface area is 133 Å². The van der Waals surface area contributed by atoms with Gasteiger partial charge in [-0.2, -0.15) is 13.2 Å². The van der Waals surface area contributed by atoms with Gasteiger partial charge in [0.25, 0.3) is 5.69 Å². The molecule has 0 spiro atoms. The molecule has 0 bridgehead atoms. The van der Waals surface area contributed by atoms with Gasteiger partial charge in [-0.25, -0.2) is 4.21 Å². The molecule has 0 unspecified atom stereocenters. The van der Waals surface area contributed by atoms with Crippen LogP contribution in [0.25, 0.3) is 9.40 Å². The van der Waals surface area contributed by atoms with Crippen molar-refractivity contribution in [3.05, 3.63) is 30.4 Å². The van der Waals surface area contributed by atoms with Crippen molar-refractivity contribution in [1.29, 1.82) is 0 Å². The molecule has 0 aliphatic rings. The van der Waals surface area contributed by atoms with E-state index in [-0.39, 0.29) is 42.3 Å². The Bertz CT molecular complexity index is 822. The summed E-state index contributed by atoms with van der Waals surface area (Å²) < 4.78 is 50.5. The maximum absolute atomic E-state index is 13.1. The second-order valence-corrected chi connectivity index (χ2v) is 7.66. The molecule has 1 heterocycles. The summed E-state index contributed by atoms with van der Waals surface area (Å²) in [7, 11) is 0. The summed E-state index contributed by atoms with van der Waals surface area (Å²) >= 11 is 1.66. The van der Waals surface area contributed by atoms with Crippen LogP contribution in [-0.4, -0.2) is 15.7 Å². The molecule has 5 nitrogen and oxygen atoms in total. The smallest absolute Gasteiger partial charge is 0.330 e. The second kappa shape index (κ2) is 6.44. The van der Waals surface area contributed by atoms with E-state index in [1.165, 1.54) is 0 Å². The Morgan fingerprint density at radius 3 is 2.45 bits per heavy atom. The Hall–Kier alpha value is -1.30. The van der Waals surface area contributed by atoms with Gasteiger partial charge in [-0.15, -0.1) is 22.7 Å². The van der Waals surface area contributed by atoms with Crippen LogP contribution in [0, 0.1) is 13.3 Å². The quantitative estimate of drug-likeness (QED) is 0.507. The zero-order valence-corrected chi connectivity index (χ0v) is 13.3. The molecule has 0 fully saturated rings. The zero-order chi connectivity index (χ0) is 16.5. The lowest BCUT2D eigenvalue weighted by molar-refractivity contribution is -0.385. The molecule has 0 amide bonds. The summed E-state index contributed by atoms with van der Waals surface area (Å²) in [4.78, 5) is 10.3. The van der Waals surface area contributed by atoms with Crippen molar-refractivity contribution in [2.75, 3.05) is 6.54 Å². The highest BCUT2D eigenvalue weighted by Crippen LogP contribution is 2.44. The topological polar surface area (TPSA) is 86.2 Å². The molecule has 1 aromatic heterocycles. The highest BCUT2D eigenvalue weighted by atomic mass is 32.2. The van der Waals surface area contributed by atoms with E-state index in [2.05, 4.69) is 0 Å². The fourth-order valence-electron chi connectivity index (χ4n) is 1.99. The molecule has 22 heavy (non-hydrogen) atoms. The van der Waals surface area contributed by atoms with Gasteiger partial charge < -0.3 is 5.73 Å². The summed E-state index contributed by atoms with van der Waals surface area (Å²) in [6, 6.07) is 0.552. The van der Waals surface area contributed by atoms with Gasteiger partial charge >= 0.3 is 6.18 Å². The van der Waals surface area contributed by atoms with E-state index in [4.69, 9.17) is 5.73 Å². The first-order chi connectivity index (χ1) is 10.3. The van der Waals surface area contributed by atoms with Gasteiger partial charge in [0, 0.05) is 11.6 Å². The van der Waals surface area contributed by atoms with Crippen LogP contribution in [0.4, 0.5) is 18.9 Å². The zero-order valence-electron chi connectivity index (χ0n) is 10.8. The summed E-state index contributed by atoms with van der Waals surface area (Å²) in [5, 5.41) is 11.1. The molecule has 0 aliphatic heterocycles. The van der Waals surface area contributed by atoms with Gasteiger partial charge in [-0.3, -0.25) is 10.1 Å². The van der Waals surface area contributed by atoms with Gasteiger partial charge in [0.15, 0.2) is 3.14 Å². The average molecular weight is 370 g/mol. The molecular weight excluding hydrogens is 361 g/mol. The number of aryl methyl sites for hydroxylation is 1. The number of rotatable bonds is 4. The normalized spacial score (nSPS) is 11.8. The second-order valence-electron chi connectivity index (χ2n) is 4.26. The van der Waals surface area contributed by atoms with Crippen LogP contribution in [-0.2, 0) is 23.9 Å². The lowest BCUT2D eigenvalue weighted by Gasteiger charge is -2.10. The van der Waals surface area contributed by atoms with Gasteiger partial charge in [0.1, 0.15) is 11.3 Å². The Morgan fingerprint density at radius 2 is 1.95 bits per heavy atom. The van der Waals surface area contributed by atoms with E-state index in [9.17, 15) is 27.5 Å². The highest BCUT2D eigenvalue weighted by molar-refractivity contribution is 7.65. The number of nitro benzene ring substituents is 1. The van der Waals surface area contributed by atoms with Crippen LogP contribution in [0.1, 0.15) is 17.5 Å². The van der Waals surface area contributed by atoms with E-state index in [1.807, 2.05) is 0 Å². The standard InChI is InChI=1S/C11H9F3N2O3S3/c12-11(13,14)6-4-7(16(17)18)5(2-1-3-15)8-9(6)21-10(20-8)22-19/h4H,1-3,15H2. The molecule has 120 valence electrons. The minimum Gasteiger partial charge on any atom is -0.330 e. The predicted octanol–water partition coefficient (Wildman–Crippen LogP) is 3.53. The monoisotopic (exact) mass is 370 g/mol. The predicted molar refractivity (Wildman–Crippen MR) is 80.1 cm³/mol. The van der Waals surface area contributed by atoms with E-state index < -0.39 is 22.4 Å². The average Bonchev–Trinajstić information content (AvgIpc) is 2.86. The third-order valence-corrected chi connectivity index (χ3v) is 6.18. The summed E-state index contributed by atoms with van der Waals surface area (Å²) in [5.41, 5.74) is 3.93. The van der Waals surface area contributed by atoms with Gasteiger partial charge in [0.2, 0.25) is 0 Å². The summed E-state index contributed by atoms with van der Waals surface area (Å²) in [5.74, 6) is 0. The molecule has 2 aromatic rings. The third kappa shape index (κ3) is 3.21. The molecule has 0 atom stereocenters. The molecule has 2 N–H and O–H groups in total.